The molecule has 1 aliphatic heterocycles. The van der Waals surface area contributed by atoms with Gasteiger partial charge in [-0.25, -0.2) is 0 Å². The number of nitrogens with one attached hydrogen (secondary N) is 1. The van der Waals surface area contributed by atoms with Crippen molar-refractivity contribution >= 4 is 23.6 Å². The van der Waals surface area contributed by atoms with E-state index in [1.165, 1.54) is 6.08 Å². The average molecular weight is 423 g/mol. The van der Waals surface area contributed by atoms with Crippen LogP contribution in [-0.4, -0.2) is 68.1 Å². The number of anilines is 1. The van der Waals surface area contributed by atoms with Gasteiger partial charge in [-0.05, 0) is 30.2 Å². The van der Waals surface area contributed by atoms with Gasteiger partial charge in [-0.2, -0.15) is 0 Å². The Labute approximate surface area is 173 Å². The quantitative estimate of drug-likeness (QED) is 0.232. The van der Waals surface area contributed by atoms with Crippen molar-refractivity contribution in [2.24, 2.45) is 0 Å². The zero-order chi connectivity index (χ0) is 21.9. The molecule has 11 heteroatoms. The van der Waals surface area contributed by atoms with E-state index in [0.29, 0.717) is 31.9 Å². The molecule has 1 saturated heterocycles. The van der Waals surface area contributed by atoms with Crippen LogP contribution in [0.5, 0.6) is 5.75 Å². The molecule has 1 unspecified atom stereocenters. The molecule has 1 heterocycles. The number of benzene rings is 1. The molecule has 2 rings (SSSR count). The highest BCUT2D eigenvalue weighted by atomic mass is 16.9. The Morgan fingerprint density at radius 3 is 2.97 bits per heavy atom. The minimum absolute atomic E-state index is 0.0151. The second kappa shape index (κ2) is 11.6. The number of hydrogen-bond acceptors (Lipinski definition) is 8. The normalized spacial score (nSPS) is 16.3. The lowest BCUT2D eigenvalue weighted by Crippen LogP contribution is -2.46. The van der Waals surface area contributed by atoms with E-state index in [4.69, 9.17) is 14.6 Å². The molecule has 2 N–H and O–H groups in total. The number of carbonyl (C=O) groups is 2. The lowest BCUT2D eigenvalue weighted by atomic mass is 10.1. The zero-order valence-electron chi connectivity index (χ0n) is 16.6. The second-order valence-electron chi connectivity index (χ2n) is 6.47. The van der Waals surface area contributed by atoms with Crippen molar-refractivity contribution in [2.75, 3.05) is 44.9 Å². The molecule has 0 saturated carbocycles. The van der Waals surface area contributed by atoms with Gasteiger partial charge in [0.2, 0.25) is 5.91 Å². The van der Waals surface area contributed by atoms with Crippen LogP contribution in [0, 0.1) is 10.1 Å². The van der Waals surface area contributed by atoms with Crippen LogP contribution in [0.1, 0.15) is 18.4 Å². The Morgan fingerprint density at radius 1 is 1.47 bits per heavy atom. The molecule has 1 atom stereocenters. The van der Waals surface area contributed by atoms with Crippen molar-refractivity contribution < 1.29 is 34.1 Å². The maximum absolute atomic E-state index is 11.8. The topological polar surface area (TPSA) is 140 Å². The van der Waals surface area contributed by atoms with Gasteiger partial charge in [0.1, 0.15) is 12.4 Å². The van der Waals surface area contributed by atoms with Gasteiger partial charge in [0.15, 0.2) is 0 Å². The molecule has 1 amide bonds. The van der Waals surface area contributed by atoms with Crippen molar-refractivity contribution in [3.8, 4) is 5.75 Å². The molecule has 1 fully saturated rings. The summed E-state index contributed by atoms with van der Waals surface area (Å²) in [5.41, 5.74) is 1.55. The molecular formula is C19H25N3O8. The Balaban J connectivity index is 2.03. The SMILES string of the molecule is COc1cc(C=CC(=O)NCCO[N+](=O)[O-])ccc1N1CCOCC1CCC(=O)O. The molecular weight excluding hydrogens is 398 g/mol. The molecule has 30 heavy (non-hydrogen) atoms. The Bertz CT molecular complexity index is 783. The summed E-state index contributed by atoms with van der Waals surface area (Å²) in [7, 11) is 1.54. The number of morpholine rings is 1. The van der Waals surface area contributed by atoms with Gasteiger partial charge >= 0.3 is 5.97 Å². The van der Waals surface area contributed by atoms with Crippen LogP contribution in [0.25, 0.3) is 6.08 Å². The van der Waals surface area contributed by atoms with Crippen LogP contribution in [0.3, 0.4) is 0 Å². The first-order valence-electron chi connectivity index (χ1n) is 9.38. The molecule has 11 nitrogen and oxygen atoms in total. The number of nitrogens with zero attached hydrogens (tertiary/aromatic N) is 2. The van der Waals surface area contributed by atoms with Gasteiger partial charge in [0.25, 0.3) is 5.09 Å². The Kier molecular flexibility index (Phi) is 8.88. The summed E-state index contributed by atoms with van der Waals surface area (Å²) < 4.78 is 11.0. The molecule has 0 bridgehead atoms. The molecule has 1 aromatic rings. The number of carboxylic acids is 1. The number of hydrogen-bond donors (Lipinski definition) is 2. The highest BCUT2D eigenvalue weighted by Crippen LogP contribution is 2.33. The van der Waals surface area contributed by atoms with E-state index >= 15 is 0 Å². The van der Waals surface area contributed by atoms with E-state index in [2.05, 4.69) is 15.1 Å². The van der Waals surface area contributed by atoms with Crippen LogP contribution in [0.15, 0.2) is 24.3 Å². The van der Waals surface area contributed by atoms with Gasteiger partial charge in [-0.15, -0.1) is 10.1 Å². The average Bonchev–Trinajstić information content (AvgIpc) is 2.73. The summed E-state index contributed by atoms with van der Waals surface area (Å²) in [5, 5.41) is 20.6. The predicted molar refractivity (Wildman–Crippen MR) is 107 cm³/mol. The zero-order valence-corrected chi connectivity index (χ0v) is 16.6. The van der Waals surface area contributed by atoms with Gasteiger partial charge in [-0.3, -0.25) is 9.59 Å². The Morgan fingerprint density at radius 2 is 2.27 bits per heavy atom. The monoisotopic (exact) mass is 423 g/mol. The number of rotatable bonds is 11. The van der Waals surface area contributed by atoms with Crippen LogP contribution in [0.2, 0.25) is 0 Å². The number of amides is 1. The lowest BCUT2D eigenvalue weighted by Gasteiger charge is -2.38. The van der Waals surface area contributed by atoms with Gasteiger partial charge in [-0.1, -0.05) is 6.07 Å². The summed E-state index contributed by atoms with van der Waals surface area (Å²) in [6, 6.07) is 5.39. The van der Waals surface area contributed by atoms with Gasteiger partial charge in [0.05, 0.1) is 32.1 Å². The van der Waals surface area contributed by atoms with E-state index in [1.54, 1.807) is 19.3 Å². The first-order valence-corrected chi connectivity index (χ1v) is 9.38. The predicted octanol–water partition coefficient (Wildman–Crippen LogP) is 1.10. The van der Waals surface area contributed by atoms with Crippen molar-refractivity contribution in [2.45, 2.75) is 18.9 Å². The molecule has 0 aromatic heterocycles. The van der Waals surface area contributed by atoms with E-state index in [0.717, 1.165) is 11.3 Å². The number of aliphatic carboxylic acids is 1. The maximum atomic E-state index is 11.8. The molecule has 0 radical (unpaired) electrons. The van der Waals surface area contributed by atoms with E-state index < -0.39 is 17.0 Å². The molecule has 0 aliphatic carbocycles. The fourth-order valence-corrected chi connectivity index (χ4v) is 3.06. The van der Waals surface area contributed by atoms with E-state index in [1.807, 2.05) is 12.1 Å². The summed E-state index contributed by atoms with van der Waals surface area (Å²) in [6.45, 7) is 1.39. The summed E-state index contributed by atoms with van der Waals surface area (Å²) in [6.07, 6.45) is 3.41. The van der Waals surface area contributed by atoms with Crippen LogP contribution in [-0.2, 0) is 19.2 Å². The minimum atomic E-state index is -0.920. The highest BCUT2D eigenvalue weighted by Gasteiger charge is 2.26. The third kappa shape index (κ3) is 7.24. The summed E-state index contributed by atoms with van der Waals surface area (Å²) >= 11 is 0. The molecule has 0 spiro atoms. The standard InChI is InChI=1S/C19H25N3O8/c1-28-17-12-14(3-6-18(23)20-8-10-30-22(26)27)2-5-16(17)21-9-11-29-13-15(21)4-7-19(24)25/h2-3,5-6,12,15H,4,7-11,13H2,1H3,(H,20,23)(H,24,25). The fourth-order valence-electron chi connectivity index (χ4n) is 3.06. The number of carboxylic acid groups (broad SMARTS) is 1. The van der Waals surface area contributed by atoms with E-state index in [-0.39, 0.29) is 25.6 Å². The van der Waals surface area contributed by atoms with Crippen LogP contribution < -0.4 is 15.0 Å². The minimum Gasteiger partial charge on any atom is -0.495 e. The lowest BCUT2D eigenvalue weighted by molar-refractivity contribution is -0.757. The third-order valence-electron chi connectivity index (χ3n) is 4.46. The maximum Gasteiger partial charge on any atom is 0.303 e. The third-order valence-corrected chi connectivity index (χ3v) is 4.46. The molecule has 1 aromatic carbocycles. The van der Waals surface area contributed by atoms with Crippen LogP contribution >= 0.6 is 0 Å². The largest absolute Gasteiger partial charge is 0.495 e. The summed E-state index contributed by atoms with van der Waals surface area (Å²) in [4.78, 5) is 39.0. The smallest absolute Gasteiger partial charge is 0.303 e. The first-order chi connectivity index (χ1) is 14.4. The highest BCUT2D eigenvalue weighted by molar-refractivity contribution is 5.91. The van der Waals surface area contributed by atoms with Crippen molar-refractivity contribution in [3.05, 3.63) is 40.0 Å². The molecule has 1 aliphatic rings. The Hall–Kier alpha value is -3.34. The number of methoxy groups -OCH3 is 1. The van der Waals surface area contributed by atoms with Crippen molar-refractivity contribution in [3.63, 3.8) is 0 Å². The summed E-state index contributed by atoms with van der Waals surface area (Å²) in [5.74, 6) is -0.665. The van der Waals surface area contributed by atoms with Gasteiger partial charge < -0.3 is 29.6 Å². The fraction of sp³-hybridized carbons (Fsp3) is 0.474. The first kappa shape index (κ1) is 22.9. The van der Waals surface area contributed by atoms with E-state index in [9.17, 15) is 19.7 Å². The van der Waals surface area contributed by atoms with Crippen molar-refractivity contribution in [1.82, 2.24) is 5.32 Å². The second-order valence-corrected chi connectivity index (χ2v) is 6.47. The number of carbonyl (C=O) groups excluding carboxylic acids is 1. The van der Waals surface area contributed by atoms with Crippen LogP contribution in [0.4, 0.5) is 5.69 Å². The molecule has 164 valence electrons. The number of ether oxygens (including phenoxy) is 2. The van der Waals surface area contributed by atoms with Gasteiger partial charge in [0, 0.05) is 25.6 Å². The van der Waals surface area contributed by atoms with Crippen molar-refractivity contribution in [1.29, 1.82) is 0 Å².